The summed E-state index contributed by atoms with van der Waals surface area (Å²) in [7, 11) is 0. The number of hydrogen-bond acceptors (Lipinski definition) is 2. The molecule has 0 radical (unpaired) electrons. The lowest BCUT2D eigenvalue weighted by atomic mass is 9.98. The van der Waals surface area contributed by atoms with Gasteiger partial charge in [0.1, 0.15) is 0 Å². The highest BCUT2D eigenvalue weighted by Gasteiger charge is 2.18. The molecule has 0 saturated heterocycles. The first kappa shape index (κ1) is 13.8. The van der Waals surface area contributed by atoms with E-state index >= 15 is 0 Å². The van der Waals surface area contributed by atoms with Crippen LogP contribution in [0.5, 0.6) is 0 Å². The Balaban J connectivity index is 2.06. The average molecular weight is 324 g/mol. The molecule has 0 fully saturated rings. The highest BCUT2D eigenvalue weighted by atomic mass is 79.9. The molecular weight excluding hydrogens is 306 g/mol. The summed E-state index contributed by atoms with van der Waals surface area (Å²) in [6.45, 7) is 6.51. The molecule has 1 heterocycles. The highest BCUT2D eigenvalue weighted by Crippen LogP contribution is 2.33. The van der Waals surface area contributed by atoms with Gasteiger partial charge in [-0.3, -0.25) is 0 Å². The van der Waals surface area contributed by atoms with Crippen molar-refractivity contribution in [3.05, 3.63) is 51.5 Å². The van der Waals surface area contributed by atoms with Crippen molar-refractivity contribution in [3.63, 3.8) is 0 Å². The van der Waals surface area contributed by atoms with Crippen LogP contribution < -0.4 is 0 Å². The minimum atomic E-state index is 0.392. The standard InChI is InChI=1S/C15H18BrNS/c1-10(9-14-17-11(2)12(3)18-14)15(16)13-7-5-4-6-8-13/h4-8,10,15H,9H2,1-3H3. The Kier molecular flexibility index (Phi) is 4.57. The maximum Gasteiger partial charge on any atom is 0.0934 e. The molecule has 1 nitrogen and oxygen atoms in total. The van der Waals surface area contributed by atoms with Gasteiger partial charge in [0.2, 0.25) is 0 Å². The van der Waals surface area contributed by atoms with E-state index in [9.17, 15) is 0 Å². The summed E-state index contributed by atoms with van der Waals surface area (Å²) in [5.41, 5.74) is 2.52. The number of hydrogen-bond donors (Lipinski definition) is 0. The zero-order valence-electron chi connectivity index (χ0n) is 11.0. The van der Waals surface area contributed by atoms with Gasteiger partial charge >= 0.3 is 0 Å². The number of aromatic nitrogens is 1. The second kappa shape index (κ2) is 5.98. The topological polar surface area (TPSA) is 12.9 Å². The van der Waals surface area contributed by atoms with Gasteiger partial charge in [0.05, 0.1) is 10.7 Å². The van der Waals surface area contributed by atoms with E-state index in [-0.39, 0.29) is 0 Å². The molecule has 18 heavy (non-hydrogen) atoms. The lowest BCUT2D eigenvalue weighted by Crippen LogP contribution is -2.06. The maximum atomic E-state index is 4.62. The zero-order valence-corrected chi connectivity index (χ0v) is 13.4. The molecule has 2 unspecified atom stereocenters. The second-order valence-electron chi connectivity index (χ2n) is 4.74. The summed E-state index contributed by atoms with van der Waals surface area (Å²) in [6.07, 6.45) is 1.03. The molecule has 1 aromatic heterocycles. The molecule has 0 saturated carbocycles. The fourth-order valence-electron chi connectivity index (χ4n) is 1.97. The fraction of sp³-hybridized carbons (Fsp3) is 0.400. The molecular formula is C15H18BrNS. The molecule has 0 aliphatic heterocycles. The second-order valence-corrected chi connectivity index (χ2v) is 7.02. The molecule has 2 aromatic rings. The Morgan fingerprint density at radius 2 is 1.89 bits per heavy atom. The molecule has 0 bridgehead atoms. The van der Waals surface area contributed by atoms with Gasteiger partial charge < -0.3 is 0 Å². The first-order chi connectivity index (χ1) is 8.58. The predicted octanol–water partition coefficient (Wildman–Crippen LogP) is 5.07. The molecule has 0 aliphatic rings. The Labute approximate surface area is 121 Å². The number of benzene rings is 1. The largest absolute Gasteiger partial charge is 0.246 e. The number of alkyl halides is 1. The number of nitrogens with zero attached hydrogens (tertiary/aromatic N) is 1. The minimum Gasteiger partial charge on any atom is -0.246 e. The zero-order chi connectivity index (χ0) is 13.1. The van der Waals surface area contributed by atoms with Crippen molar-refractivity contribution in [2.75, 3.05) is 0 Å². The van der Waals surface area contributed by atoms with Crippen molar-refractivity contribution in [2.24, 2.45) is 5.92 Å². The van der Waals surface area contributed by atoms with E-state index < -0.39 is 0 Å². The van der Waals surface area contributed by atoms with Gasteiger partial charge in [-0.2, -0.15) is 0 Å². The summed E-state index contributed by atoms with van der Waals surface area (Å²) < 4.78 is 0. The van der Waals surface area contributed by atoms with E-state index in [0.29, 0.717) is 10.7 Å². The van der Waals surface area contributed by atoms with E-state index in [1.165, 1.54) is 21.1 Å². The molecule has 0 spiro atoms. The molecule has 0 aliphatic carbocycles. The van der Waals surface area contributed by atoms with Crippen molar-refractivity contribution in [3.8, 4) is 0 Å². The molecule has 2 atom stereocenters. The third-order valence-corrected chi connectivity index (χ3v) is 5.71. The number of aryl methyl sites for hydroxylation is 2. The predicted molar refractivity (Wildman–Crippen MR) is 82.6 cm³/mol. The van der Waals surface area contributed by atoms with Crippen LogP contribution in [0.4, 0.5) is 0 Å². The molecule has 96 valence electrons. The summed E-state index contributed by atoms with van der Waals surface area (Å²) in [5, 5.41) is 1.25. The summed E-state index contributed by atoms with van der Waals surface area (Å²) in [4.78, 5) is 6.35. The fourth-order valence-corrected chi connectivity index (χ4v) is 3.54. The smallest absolute Gasteiger partial charge is 0.0934 e. The van der Waals surface area contributed by atoms with Crippen molar-refractivity contribution in [1.29, 1.82) is 0 Å². The minimum absolute atomic E-state index is 0.392. The first-order valence-corrected chi connectivity index (χ1v) is 7.93. The Morgan fingerprint density at radius 3 is 2.44 bits per heavy atom. The first-order valence-electron chi connectivity index (χ1n) is 6.20. The number of thiazole rings is 1. The normalized spacial score (nSPS) is 14.4. The van der Waals surface area contributed by atoms with Crippen LogP contribution >= 0.6 is 27.3 Å². The van der Waals surface area contributed by atoms with E-state index in [4.69, 9.17) is 0 Å². The average Bonchev–Trinajstić information content (AvgIpc) is 2.68. The van der Waals surface area contributed by atoms with Gasteiger partial charge in [0.15, 0.2) is 0 Å². The van der Waals surface area contributed by atoms with Crippen molar-refractivity contribution >= 4 is 27.3 Å². The van der Waals surface area contributed by atoms with Crippen molar-refractivity contribution in [1.82, 2.24) is 4.98 Å². The van der Waals surface area contributed by atoms with E-state index in [0.717, 1.165) is 6.42 Å². The van der Waals surface area contributed by atoms with Crippen molar-refractivity contribution < 1.29 is 0 Å². The van der Waals surface area contributed by atoms with Gasteiger partial charge in [0.25, 0.3) is 0 Å². The Hall–Kier alpha value is -0.670. The van der Waals surface area contributed by atoms with Crippen LogP contribution in [-0.2, 0) is 6.42 Å². The maximum absolute atomic E-state index is 4.62. The van der Waals surface area contributed by atoms with Gasteiger partial charge in [-0.1, -0.05) is 53.2 Å². The van der Waals surface area contributed by atoms with Crippen LogP contribution in [0.2, 0.25) is 0 Å². The third kappa shape index (κ3) is 3.21. The third-order valence-electron chi connectivity index (χ3n) is 3.19. The number of rotatable bonds is 4. The van der Waals surface area contributed by atoms with Crippen LogP contribution in [0.15, 0.2) is 30.3 Å². The van der Waals surface area contributed by atoms with Crippen LogP contribution in [0, 0.1) is 19.8 Å². The molecule has 2 rings (SSSR count). The van der Waals surface area contributed by atoms with Crippen molar-refractivity contribution in [2.45, 2.75) is 32.0 Å². The summed E-state index contributed by atoms with van der Waals surface area (Å²) >= 11 is 5.63. The van der Waals surface area contributed by atoms with Gasteiger partial charge in [0, 0.05) is 16.1 Å². The Morgan fingerprint density at radius 1 is 1.22 bits per heavy atom. The van der Waals surface area contributed by atoms with Gasteiger partial charge in [-0.25, -0.2) is 4.98 Å². The van der Waals surface area contributed by atoms with E-state index in [1.54, 1.807) is 0 Å². The van der Waals surface area contributed by atoms with Crippen LogP contribution in [0.1, 0.15) is 32.9 Å². The number of halogens is 1. The highest BCUT2D eigenvalue weighted by molar-refractivity contribution is 9.09. The van der Waals surface area contributed by atoms with Gasteiger partial charge in [-0.05, 0) is 25.3 Å². The molecule has 0 amide bonds. The molecule has 0 N–H and O–H groups in total. The van der Waals surface area contributed by atoms with Crippen LogP contribution in [0.25, 0.3) is 0 Å². The Bertz CT molecular complexity index is 487. The summed E-state index contributed by atoms with van der Waals surface area (Å²) in [6, 6.07) is 10.6. The molecule has 3 heteroatoms. The lowest BCUT2D eigenvalue weighted by Gasteiger charge is -2.17. The monoisotopic (exact) mass is 323 g/mol. The van der Waals surface area contributed by atoms with E-state index in [2.05, 4.69) is 72.0 Å². The molecule has 1 aromatic carbocycles. The van der Waals surface area contributed by atoms with E-state index in [1.807, 2.05) is 11.3 Å². The SMILES string of the molecule is Cc1nc(CC(C)C(Br)c2ccccc2)sc1C. The summed E-state index contributed by atoms with van der Waals surface area (Å²) in [5.74, 6) is 0.539. The van der Waals surface area contributed by atoms with Crippen LogP contribution in [-0.4, -0.2) is 4.98 Å². The lowest BCUT2D eigenvalue weighted by molar-refractivity contribution is 0.570. The van der Waals surface area contributed by atoms with Crippen LogP contribution in [0.3, 0.4) is 0 Å². The quantitative estimate of drug-likeness (QED) is 0.715. The van der Waals surface area contributed by atoms with Gasteiger partial charge in [-0.15, -0.1) is 11.3 Å².